The van der Waals surface area contributed by atoms with E-state index < -0.39 is 0 Å². The van der Waals surface area contributed by atoms with Crippen molar-refractivity contribution in [3.63, 3.8) is 0 Å². The normalized spacial score (nSPS) is 16.6. The van der Waals surface area contributed by atoms with Gasteiger partial charge in [-0.15, -0.1) is 0 Å². The molecule has 0 spiro atoms. The summed E-state index contributed by atoms with van der Waals surface area (Å²) in [6, 6.07) is 3.88. The Labute approximate surface area is 147 Å². The van der Waals surface area contributed by atoms with Gasteiger partial charge in [-0.25, -0.2) is 4.98 Å². The second-order valence-corrected chi connectivity index (χ2v) is 8.88. The van der Waals surface area contributed by atoms with Gasteiger partial charge in [-0.05, 0) is 50.7 Å². The molecule has 0 bridgehead atoms. The number of rotatable bonds is 4. The van der Waals surface area contributed by atoms with E-state index in [0.29, 0.717) is 5.56 Å². The van der Waals surface area contributed by atoms with Crippen molar-refractivity contribution in [1.29, 1.82) is 0 Å². The highest BCUT2D eigenvalue weighted by Crippen LogP contribution is 2.27. The average molecular weight is 332 g/mol. The van der Waals surface area contributed by atoms with Gasteiger partial charge < -0.3 is 10.2 Å². The first-order valence-electron chi connectivity index (χ1n) is 9.20. The largest absolute Gasteiger partial charge is 0.357 e. The zero-order valence-electron chi connectivity index (χ0n) is 16.0. The molecule has 1 aliphatic rings. The van der Waals surface area contributed by atoms with Crippen LogP contribution in [-0.2, 0) is 0 Å². The third-order valence-electron chi connectivity index (χ3n) is 4.36. The molecule has 2 rings (SSSR count). The summed E-state index contributed by atoms with van der Waals surface area (Å²) >= 11 is 0. The molecule has 1 saturated heterocycles. The van der Waals surface area contributed by atoms with Crippen LogP contribution in [0.5, 0.6) is 0 Å². The highest BCUT2D eigenvalue weighted by Gasteiger charge is 2.27. The molecule has 1 aliphatic heterocycles. The van der Waals surface area contributed by atoms with Crippen LogP contribution in [0.25, 0.3) is 0 Å². The van der Waals surface area contributed by atoms with Crippen molar-refractivity contribution in [3.8, 4) is 0 Å². The summed E-state index contributed by atoms with van der Waals surface area (Å²) in [5.74, 6) is 0.946. The van der Waals surface area contributed by atoms with Crippen LogP contribution in [0.4, 0.5) is 5.82 Å². The topological polar surface area (TPSA) is 45.2 Å². The number of nitrogens with zero attached hydrogens (tertiary/aromatic N) is 2. The van der Waals surface area contributed by atoms with Crippen molar-refractivity contribution in [3.05, 3.63) is 23.9 Å². The first-order chi connectivity index (χ1) is 11.2. The Bertz CT molecular complexity index is 535. The summed E-state index contributed by atoms with van der Waals surface area (Å²) in [5.41, 5.74) is 0.570. The Kier molecular flexibility index (Phi) is 5.89. The Hall–Kier alpha value is -1.58. The Morgan fingerprint density at radius 2 is 1.71 bits per heavy atom. The smallest absolute Gasteiger partial charge is 0.253 e. The number of hydrogen-bond acceptors (Lipinski definition) is 3. The van der Waals surface area contributed by atoms with E-state index in [1.54, 1.807) is 6.20 Å². The van der Waals surface area contributed by atoms with Crippen LogP contribution in [-0.4, -0.2) is 29.5 Å². The zero-order valence-corrected chi connectivity index (χ0v) is 16.0. The summed E-state index contributed by atoms with van der Waals surface area (Å²) in [4.78, 5) is 19.4. The van der Waals surface area contributed by atoms with Gasteiger partial charge in [0.05, 0.1) is 5.56 Å². The number of carbonyl (C=O) groups excluding carboxylic acids is 1. The van der Waals surface area contributed by atoms with Gasteiger partial charge in [-0.3, -0.25) is 4.79 Å². The maximum Gasteiger partial charge on any atom is 0.253 e. The van der Waals surface area contributed by atoms with E-state index in [0.717, 1.165) is 25.3 Å². The second kappa shape index (κ2) is 7.54. The molecule has 0 unspecified atom stereocenters. The molecule has 1 N–H and O–H groups in total. The van der Waals surface area contributed by atoms with Crippen LogP contribution in [0.1, 0.15) is 77.1 Å². The highest BCUT2D eigenvalue weighted by molar-refractivity contribution is 5.94. The molecule has 4 nitrogen and oxygen atoms in total. The van der Waals surface area contributed by atoms with Gasteiger partial charge in [0.25, 0.3) is 5.91 Å². The molecule has 1 amide bonds. The molecule has 0 saturated carbocycles. The summed E-state index contributed by atoms with van der Waals surface area (Å²) in [6.07, 6.45) is 7.70. The Morgan fingerprint density at radius 3 is 2.21 bits per heavy atom. The molecule has 0 aromatic carbocycles. The van der Waals surface area contributed by atoms with Crippen molar-refractivity contribution in [2.45, 2.75) is 72.3 Å². The summed E-state index contributed by atoms with van der Waals surface area (Å²) in [5, 5.41) is 3.15. The molecule has 1 aromatic heterocycles. The van der Waals surface area contributed by atoms with Gasteiger partial charge in [-0.2, -0.15) is 0 Å². The number of nitrogens with one attached hydrogen (secondary N) is 1. The number of amides is 1. The number of aromatic nitrogens is 1. The van der Waals surface area contributed by atoms with E-state index in [-0.39, 0.29) is 16.9 Å². The van der Waals surface area contributed by atoms with Gasteiger partial charge in [-0.1, -0.05) is 33.6 Å². The monoisotopic (exact) mass is 331 g/mol. The van der Waals surface area contributed by atoms with Gasteiger partial charge in [0.2, 0.25) is 0 Å². The molecule has 1 aromatic rings. The molecule has 0 aliphatic carbocycles. The highest BCUT2D eigenvalue weighted by atomic mass is 16.1. The quantitative estimate of drug-likeness (QED) is 0.889. The van der Waals surface area contributed by atoms with Crippen LogP contribution in [0.15, 0.2) is 18.3 Å². The maximum atomic E-state index is 12.5. The third kappa shape index (κ3) is 5.81. The second-order valence-electron chi connectivity index (χ2n) is 8.88. The van der Waals surface area contributed by atoms with Crippen LogP contribution in [0.2, 0.25) is 0 Å². The Morgan fingerprint density at radius 1 is 1.08 bits per heavy atom. The molecule has 134 valence electrons. The molecule has 24 heavy (non-hydrogen) atoms. The van der Waals surface area contributed by atoms with Gasteiger partial charge in [0.1, 0.15) is 5.82 Å². The summed E-state index contributed by atoms with van der Waals surface area (Å²) in [7, 11) is 0. The van der Waals surface area contributed by atoms with E-state index >= 15 is 0 Å². The van der Waals surface area contributed by atoms with Crippen molar-refractivity contribution in [2.75, 3.05) is 18.0 Å². The van der Waals surface area contributed by atoms with Crippen molar-refractivity contribution < 1.29 is 4.79 Å². The van der Waals surface area contributed by atoms with E-state index in [9.17, 15) is 4.79 Å². The molecule has 0 radical (unpaired) electrons. The van der Waals surface area contributed by atoms with Gasteiger partial charge >= 0.3 is 0 Å². The first-order valence-corrected chi connectivity index (χ1v) is 9.20. The standard InChI is InChI=1S/C20H33N3O/c1-19(2,3)15-20(4,5)22-18(24)16-10-11-17(21-14-16)23-12-8-6-7-9-13-23/h10-11,14H,6-9,12-13,15H2,1-5H3,(H,22,24). The summed E-state index contributed by atoms with van der Waals surface area (Å²) < 4.78 is 0. The maximum absolute atomic E-state index is 12.5. The predicted octanol–water partition coefficient (Wildman–Crippen LogP) is 4.41. The van der Waals surface area contributed by atoms with Crippen LogP contribution in [0, 0.1) is 5.41 Å². The predicted molar refractivity (Wildman–Crippen MR) is 101 cm³/mol. The number of anilines is 1. The summed E-state index contributed by atoms with van der Waals surface area (Å²) in [6.45, 7) is 12.9. The van der Waals surface area contributed by atoms with Crippen molar-refractivity contribution >= 4 is 11.7 Å². The van der Waals surface area contributed by atoms with E-state index in [4.69, 9.17) is 0 Å². The lowest BCUT2D eigenvalue weighted by molar-refractivity contribution is 0.0891. The van der Waals surface area contributed by atoms with E-state index in [1.807, 2.05) is 12.1 Å². The molecular formula is C20H33N3O. The zero-order chi connectivity index (χ0) is 17.8. The fraction of sp³-hybridized carbons (Fsp3) is 0.700. The lowest BCUT2D eigenvalue weighted by Gasteiger charge is -2.33. The molecule has 0 atom stereocenters. The minimum Gasteiger partial charge on any atom is -0.357 e. The molecule has 4 heteroatoms. The van der Waals surface area contributed by atoms with Crippen LogP contribution in [0.3, 0.4) is 0 Å². The number of pyridine rings is 1. The minimum absolute atomic E-state index is 0.0424. The van der Waals surface area contributed by atoms with E-state index in [1.165, 1.54) is 25.7 Å². The lowest BCUT2D eigenvalue weighted by Crippen LogP contribution is -2.45. The van der Waals surface area contributed by atoms with Crippen LogP contribution < -0.4 is 10.2 Å². The minimum atomic E-state index is -0.237. The third-order valence-corrected chi connectivity index (χ3v) is 4.36. The van der Waals surface area contributed by atoms with Gasteiger partial charge in [0, 0.05) is 24.8 Å². The lowest BCUT2D eigenvalue weighted by atomic mass is 9.81. The van der Waals surface area contributed by atoms with Crippen LogP contribution >= 0.6 is 0 Å². The fourth-order valence-electron chi connectivity index (χ4n) is 3.76. The SMILES string of the molecule is CC(C)(C)CC(C)(C)NC(=O)c1ccc(N2CCCCCC2)nc1. The number of carbonyl (C=O) groups is 1. The van der Waals surface area contributed by atoms with E-state index in [2.05, 4.69) is 49.8 Å². The van der Waals surface area contributed by atoms with Crippen molar-refractivity contribution in [1.82, 2.24) is 10.3 Å². The first kappa shape index (κ1) is 18.8. The Balaban J connectivity index is 2.00. The van der Waals surface area contributed by atoms with Gasteiger partial charge in [0.15, 0.2) is 0 Å². The van der Waals surface area contributed by atoms with Crippen molar-refractivity contribution in [2.24, 2.45) is 5.41 Å². The fourth-order valence-corrected chi connectivity index (χ4v) is 3.76. The molecule has 1 fully saturated rings. The average Bonchev–Trinajstić information content (AvgIpc) is 2.73. The number of hydrogen-bond donors (Lipinski definition) is 1. The molecule has 2 heterocycles. The molecular weight excluding hydrogens is 298 g/mol.